The molecule has 2 N–H and O–H groups in total. The summed E-state index contributed by atoms with van der Waals surface area (Å²) in [6.07, 6.45) is 1.51. The molecule has 0 aliphatic carbocycles. The number of ether oxygens (including phenoxy) is 1. The molecule has 1 amide bonds. The summed E-state index contributed by atoms with van der Waals surface area (Å²) in [4.78, 5) is 21.2. The van der Waals surface area contributed by atoms with Gasteiger partial charge in [-0.15, -0.1) is 24.0 Å². The lowest BCUT2D eigenvalue weighted by atomic mass is 10.3. The molecule has 0 aromatic carbocycles. The lowest BCUT2D eigenvalue weighted by Crippen LogP contribution is -2.43. The standard InChI is InChI=1S/C14H22FN5O2.HI/c1-20(2)13(21)10-19-14(17-7-8-22-3)18-9-12-11(15)5-4-6-16-12;/h4-6H,7-10H2,1-3H3,(H2,17,18,19);1H. The number of halogens is 2. The maximum Gasteiger partial charge on any atom is 0.241 e. The number of likely N-dealkylation sites (N-methyl/N-ethyl adjacent to an activating group) is 1. The molecule has 0 fully saturated rings. The molecule has 0 aliphatic heterocycles. The van der Waals surface area contributed by atoms with E-state index in [2.05, 4.69) is 20.6 Å². The zero-order valence-corrected chi connectivity index (χ0v) is 15.8. The molecular formula is C14H23FIN5O2. The quantitative estimate of drug-likeness (QED) is 0.282. The minimum Gasteiger partial charge on any atom is -0.383 e. The van der Waals surface area contributed by atoms with E-state index in [0.717, 1.165) is 0 Å². The van der Waals surface area contributed by atoms with E-state index in [0.29, 0.717) is 19.1 Å². The third-order valence-electron chi connectivity index (χ3n) is 2.73. The SMILES string of the molecule is COCCNC(=NCc1ncccc1F)NCC(=O)N(C)C.I. The van der Waals surface area contributed by atoms with Gasteiger partial charge in [0.15, 0.2) is 5.96 Å². The number of carbonyl (C=O) groups is 1. The van der Waals surface area contributed by atoms with Crippen LogP contribution in [-0.4, -0.2) is 62.7 Å². The van der Waals surface area contributed by atoms with Gasteiger partial charge in [0.1, 0.15) is 5.82 Å². The molecule has 130 valence electrons. The van der Waals surface area contributed by atoms with Crippen LogP contribution < -0.4 is 10.6 Å². The maximum absolute atomic E-state index is 13.5. The monoisotopic (exact) mass is 439 g/mol. The fraction of sp³-hybridized carbons (Fsp3) is 0.500. The van der Waals surface area contributed by atoms with Gasteiger partial charge in [-0.3, -0.25) is 9.78 Å². The van der Waals surface area contributed by atoms with Gasteiger partial charge >= 0.3 is 0 Å². The molecule has 23 heavy (non-hydrogen) atoms. The van der Waals surface area contributed by atoms with Crippen LogP contribution in [0.5, 0.6) is 0 Å². The molecule has 1 aromatic heterocycles. The minimum absolute atomic E-state index is 0. The Hall–Kier alpha value is -1.49. The fourth-order valence-corrected chi connectivity index (χ4v) is 1.45. The van der Waals surface area contributed by atoms with Crippen molar-refractivity contribution in [2.45, 2.75) is 6.54 Å². The molecule has 1 rings (SSSR count). The van der Waals surface area contributed by atoms with E-state index in [1.54, 1.807) is 21.2 Å². The number of pyridine rings is 1. The molecule has 0 spiro atoms. The number of hydrogen-bond donors (Lipinski definition) is 2. The number of hydrogen-bond acceptors (Lipinski definition) is 4. The number of methoxy groups -OCH3 is 1. The fourth-order valence-electron chi connectivity index (χ4n) is 1.45. The van der Waals surface area contributed by atoms with Crippen molar-refractivity contribution >= 4 is 35.8 Å². The van der Waals surface area contributed by atoms with Crippen molar-refractivity contribution in [2.24, 2.45) is 4.99 Å². The summed E-state index contributed by atoms with van der Waals surface area (Å²) in [6, 6.07) is 2.85. The van der Waals surface area contributed by atoms with Crippen LogP contribution in [0.3, 0.4) is 0 Å². The number of rotatable bonds is 7. The van der Waals surface area contributed by atoms with Crippen LogP contribution in [0.15, 0.2) is 23.3 Å². The molecule has 0 atom stereocenters. The first-order chi connectivity index (χ1) is 10.5. The Morgan fingerprint density at radius 3 is 2.78 bits per heavy atom. The van der Waals surface area contributed by atoms with Gasteiger partial charge in [-0.05, 0) is 12.1 Å². The third kappa shape index (κ3) is 8.65. The van der Waals surface area contributed by atoms with E-state index >= 15 is 0 Å². The van der Waals surface area contributed by atoms with Gasteiger partial charge in [0.2, 0.25) is 5.91 Å². The minimum atomic E-state index is -0.410. The highest BCUT2D eigenvalue weighted by atomic mass is 127. The van der Waals surface area contributed by atoms with Gasteiger partial charge in [-0.2, -0.15) is 0 Å². The van der Waals surface area contributed by atoms with Crippen LogP contribution in [0.2, 0.25) is 0 Å². The lowest BCUT2D eigenvalue weighted by molar-refractivity contribution is -0.127. The van der Waals surface area contributed by atoms with Crippen molar-refractivity contribution in [2.75, 3.05) is 40.9 Å². The van der Waals surface area contributed by atoms with Crippen LogP contribution in [0.1, 0.15) is 5.69 Å². The molecule has 0 saturated heterocycles. The van der Waals surface area contributed by atoms with E-state index in [4.69, 9.17) is 4.74 Å². The van der Waals surface area contributed by atoms with Crippen LogP contribution in [-0.2, 0) is 16.1 Å². The Bertz CT molecular complexity index is 514. The van der Waals surface area contributed by atoms with Gasteiger partial charge in [-0.25, -0.2) is 9.38 Å². The first kappa shape index (κ1) is 21.5. The van der Waals surface area contributed by atoms with Crippen LogP contribution >= 0.6 is 24.0 Å². The first-order valence-electron chi connectivity index (χ1n) is 6.85. The molecule has 7 nitrogen and oxygen atoms in total. The second kappa shape index (κ2) is 12.0. The zero-order chi connectivity index (χ0) is 16.4. The topological polar surface area (TPSA) is 78.8 Å². The Morgan fingerprint density at radius 1 is 1.43 bits per heavy atom. The highest BCUT2D eigenvalue weighted by molar-refractivity contribution is 14.0. The number of guanidine groups is 1. The number of aromatic nitrogens is 1. The lowest BCUT2D eigenvalue weighted by Gasteiger charge is -2.14. The van der Waals surface area contributed by atoms with E-state index in [9.17, 15) is 9.18 Å². The van der Waals surface area contributed by atoms with Gasteiger partial charge in [0, 0.05) is 33.9 Å². The first-order valence-corrected chi connectivity index (χ1v) is 6.85. The van der Waals surface area contributed by atoms with Crippen LogP contribution in [0.4, 0.5) is 4.39 Å². The largest absolute Gasteiger partial charge is 0.383 e. The molecule has 0 aliphatic rings. The summed E-state index contributed by atoms with van der Waals surface area (Å²) in [5, 5.41) is 5.89. The number of aliphatic imine (C=N–C) groups is 1. The molecule has 0 bridgehead atoms. The van der Waals surface area contributed by atoms with Crippen molar-refractivity contribution < 1.29 is 13.9 Å². The van der Waals surface area contributed by atoms with Gasteiger partial charge in [0.05, 0.1) is 25.4 Å². The Balaban J connectivity index is 0.00000484. The molecule has 0 radical (unpaired) electrons. The molecule has 9 heteroatoms. The average molecular weight is 439 g/mol. The maximum atomic E-state index is 13.5. The number of nitrogens with one attached hydrogen (secondary N) is 2. The zero-order valence-electron chi connectivity index (χ0n) is 13.5. The highest BCUT2D eigenvalue weighted by Crippen LogP contribution is 2.03. The van der Waals surface area contributed by atoms with Crippen molar-refractivity contribution in [1.29, 1.82) is 0 Å². The van der Waals surface area contributed by atoms with Crippen molar-refractivity contribution in [3.63, 3.8) is 0 Å². The number of amides is 1. The molecule has 1 heterocycles. The van der Waals surface area contributed by atoms with Crippen molar-refractivity contribution in [3.05, 3.63) is 29.8 Å². The normalized spacial score (nSPS) is 10.7. The number of nitrogens with zero attached hydrogens (tertiary/aromatic N) is 3. The summed E-state index contributed by atoms with van der Waals surface area (Å²) in [5.41, 5.74) is 0.245. The molecule has 1 aromatic rings. The number of carbonyl (C=O) groups excluding carboxylic acids is 1. The predicted octanol–water partition coefficient (Wildman–Crippen LogP) is 0.608. The van der Waals surface area contributed by atoms with Gasteiger partial charge in [-0.1, -0.05) is 0 Å². The summed E-state index contributed by atoms with van der Waals surface area (Å²) in [7, 11) is 4.93. The second-order valence-corrected chi connectivity index (χ2v) is 4.66. The Kier molecular flexibility index (Phi) is 11.2. The molecule has 0 unspecified atom stereocenters. The van der Waals surface area contributed by atoms with E-state index in [1.165, 1.54) is 23.2 Å². The van der Waals surface area contributed by atoms with Crippen molar-refractivity contribution in [1.82, 2.24) is 20.5 Å². The summed E-state index contributed by atoms with van der Waals surface area (Å²) in [6.45, 7) is 1.17. The van der Waals surface area contributed by atoms with E-state index in [1.807, 2.05) is 0 Å². The smallest absolute Gasteiger partial charge is 0.241 e. The van der Waals surface area contributed by atoms with Crippen LogP contribution in [0, 0.1) is 5.82 Å². The highest BCUT2D eigenvalue weighted by Gasteiger charge is 2.07. The summed E-state index contributed by atoms with van der Waals surface area (Å²) in [5.74, 6) is -0.102. The Labute approximate surface area is 152 Å². The van der Waals surface area contributed by atoms with Crippen LogP contribution in [0.25, 0.3) is 0 Å². The van der Waals surface area contributed by atoms with E-state index < -0.39 is 5.82 Å². The van der Waals surface area contributed by atoms with E-state index in [-0.39, 0.29) is 48.7 Å². The predicted molar refractivity (Wildman–Crippen MR) is 97.3 cm³/mol. The summed E-state index contributed by atoms with van der Waals surface area (Å²) >= 11 is 0. The average Bonchev–Trinajstić information content (AvgIpc) is 2.50. The van der Waals surface area contributed by atoms with Gasteiger partial charge < -0.3 is 20.3 Å². The molecular weight excluding hydrogens is 416 g/mol. The third-order valence-corrected chi connectivity index (χ3v) is 2.73. The Morgan fingerprint density at radius 2 is 2.17 bits per heavy atom. The summed E-state index contributed by atoms with van der Waals surface area (Å²) < 4.78 is 18.5. The van der Waals surface area contributed by atoms with Gasteiger partial charge in [0.25, 0.3) is 0 Å². The van der Waals surface area contributed by atoms with Crippen molar-refractivity contribution in [3.8, 4) is 0 Å². The molecule has 0 saturated carbocycles. The second-order valence-electron chi connectivity index (χ2n) is 4.66.